The minimum Gasteiger partial charge on any atom is -0.480 e. The lowest BCUT2D eigenvalue weighted by Crippen LogP contribution is -2.43. The van der Waals surface area contributed by atoms with E-state index in [4.69, 9.17) is 0 Å². The second-order valence-electron chi connectivity index (χ2n) is 5.66. The van der Waals surface area contributed by atoms with Crippen LogP contribution in [0.25, 0.3) is 0 Å². The maximum absolute atomic E-state index is 12.8. The Hall–Kier alpha value is -2.90. The lowest BCUT2D eigenvalue weighted by molar-refractivity contribution is -0.141. The molecule has 2 aromatic rings. The van der Waals surface area contributed by atoms with Crippen molar-refractivity contribution in [2.45, 2.75) is 25.1 Å². The molecule has 0 spiro atoms. The summed E-state index contributed by atoms with van der Waals surface area (Å²) in [6.45, 7) is 0. The van der Waals surface area contributed by atoms with Gasteiger partial charge in [-0.3, -0.25) is 4.79 Å². The molecule has 2 rings (SSSR count). The van der Waals surface area contributed by atoms with Crippen LogP contribution in [-0.4, -0.2) is 23.0 Å². The van der Waals surface area contributed by atoms with E-state index in [0.29, 0.717) is 11.1 Å². The number of amides is 1. The summed E-state index contributed by atoms with van der Waals surface area (Å²) in [6, 6.07) is 7.93. The average molecular weight is 369 g/mol. The van der Waals surface area contributed by atoms with Gasteiger partial charge < -0.3 is 10.4 Å². The van der Waals surface area contributed by atoms with E-state index in [1.807, 2.05) is 0 Å². The topological polar surface area (TPSA) is 66.4 Å². The van der Waals surface area contributed by atoms with Gasteiger partial charge in [-0.2, -0.15) is 13.2 Å². The van der Waals surface area contributed by atoms with Gasteiger partial charge in [-0.05, 0) is 35.4 Å². The number of halogens is 4. The summed E-state index contributed by atoms with van der Waals surface area (Å²) >= 11 is 0. The Morgan fingerprint density at radius 2 is 1.50 bits per heavy atom. The van der Waals surface area contributed by atoms with E-state index in [1.54, 1.807) is 0 Å². The number of carbonyl (C=O) groups excluding carboxylic acids is 1. The lowest BCUT2D eigenvalue weighted by Gasteiger charge is -2.15. The molecule has 2 aromatic carbocycles. The van der Waals surface area contributed by atoms with Gasteiger partial charge in [-0.25, -0.2) is 9.18 Å². The Balaban J connectivity index is 2.01. The standard InChI is InChI=1S/C18H15F4NO3/c19-14-7-3-12(4-8-14)10-16(24)23-15(17(25)26)9-11-1-5-13(6-2-11)18(20,21)22/h1-8,15H,9-10H2,(H,23,24)(H,25,26)/t15-/m1/s1. The van der Waals surface area contributed by atoms with Crippen molar-refractivity contribution in [2.75, 3.05) is 0 Å². The van der Waals surface area contributed by atoms with E-state index in [2.05, 4.69) is 5.32 Å². The molecule has 0 bridgehead atoms. The second-order valence-corrected chi connectivity index (χ2v) is 5.66. The molecule has 0 aliphatic heterocycles. The van der Waals surface area contributed by atoms with Gasteiger partial charge >= 0.3 is 12.1 Å². The molecule has 1 amide bonds. The fourth-order valence-electron chi connectivity index (χ4n) is 2.30. The molecule has 4 nitrogen and oxygen atoms in total. The van der Waals surface area contributed by atoms with Gasteiger partial charge in [0.2, 0.25) is 5.91 Å². The Bertz CT molecular complexity index is 771. The van der Waals surface area contributed by atoms with Crippen LogP contribution in [0.4, 0.5) is 17.6 Å². The number of benzene rings is 2. The monoisotopic (exact) mass is 369 g/mol. The van der Waals surface area contributed by atoms with Gasteiger partial charge in [-0.1, -0.05) is 24.3 Å². The highest BCUT2D eigenvalue weighted by atomic mass is 19.4. The van der Waals surface area contributed by atoms with Gasteiger partial charge in [0.05, 0.1) is 12.0 Å². The zero-order chi connectivity index (χ0) is 19.3. The van der Waals surface area contributed by atoms with Crippen LogP contribution in [0.5, 0.6) is 0 Å². The van der Waals surface area contributed by atoms with Gasteiger partial charge in [0.1, 0.15) is 11.9 Å². The van der Waals surface area contributed by atoms with E-state index < -0.39 is 35.5 Å². The normalized spacial score (nSPS) is 12.5. The van der Waals surface area contributed by atoms with Crippen LogP contribution in [0.2, 0.25) is 0 Å². The highest BCUT2D eigenvalue weighted by Crippen LogP contribution is 2.29. The number of alkyl halides is 3. The van der Waals surface area contributed by atoms with Gasteiger partial charge in [-0.15, -0.1) is 0 Å². The Labute approximate surface area is 146 Å². The molecule has 138 valence electrons. The maximum atomic E-state index is 12.8. The first kappa shape index (κ1) is 19.4. The predicted molar refractivity (Wildman–Crippen MR) is 84.8 cm³/mol. The number of carbonyl (C=O) groups is 2. The first-order valence-corrected chi connectivity index (χ1v) is 7.58. The molecule has 0 saturated heterocycles. The summed E-state index contributed by atoms with van der Waals surface area (Å²) in [6.07, 6.45) is -4.78. The van der Waals surface area contributed by atoms with Crippen LogP contribution in [0, 0.1) is 5.82 Å². The van der Waals surface area contributed by atoms with E-state index in [0.717, 1.165) is 12.1 Å². The maximum Gasteiger partial charge on any atom is 0.416 e. The molecule has 0 aromatic heterocycles. The number of carboxylic acid groups (broad SMARTS) is 1. The average Bonchev–Trinajstić information content (AvgIpc) is 2.56. The van der Waals surface area contributed by atoms with Crippen molar-refractivity contribution in [1.82, 2.24) is 5.32 Å². The van der Waals surface area contributed by atoms with E-state index in [1.165, 1.54) is 36.4 Å². The van der Waals surface area contributed by atoms with Gasteiger partial charge in [0, 0.05) is 6.42 Å². The van der Waals surface area contributed by atoms with Crippen molar-refractivity contribution in [3.63, 3.8) is 0 Å². The molecule has 0 aliphatic rings. The van der Waals surface area contributed by atoms with Crippen LogP contribution in [0.1, 0.15) is 16.7 Å². The smallest absolute Gasteiger partial charge is 0.416 e. The highest BCUT2D eigenvalue weighted by Gasteiger charge is 2.30. The largest absolute Gasteiger partial charge is 0.480 e. The molecular weight excluding hydrogens is 354 g/mol. The highest BCUT2D eigenvalue weighted by molar-refractivity contribution is 5.85. The Morgan fingerprint density at radius 1 is 0.962 bits per heavy atom. The summed E-state index contributed by atoms with van der Waals surface area (Å²) in [7, 11) is 0. The van der Waals surface area contributed by atoms with Crippen molar-refractivity contribution < 1.29 is 32.3 Å². The number of hydrogen-bond donors (Lipinski definition) is 2. The molecule has 2 N–H and O–H groups in total. The Morgan fingerprint density at radius 3 is 2.00 bits per heavy atom. The molecule has 0 saturated carbocycles. The summed E-state index contributed by atoms with van der Waals surface area (Å²) in [4.78, 5) is 23.3. The van der Waals surface area contributed by atoms with E-state index >= 15 is 0 Å². The molecule has 0 unspecified atom stereocenters. The van der Waals surface area contributed by atoms with Crippen LogP contribution in [0.15, 0.2) is 48.5 Å². The van der Waals surface area contributed by atoms with Crippen molar-refractivity contribution in [1.29, 1.82) is 0 Å². The summed E-state index contributed by atoms with van der Waals surface area (Å²) < 4.78 is 50.5. The Kier molecular flexibility index (Phi) is 5.97. The summed E-state index contributed by atoms with van der Waals surface area (Å²) in [5.41, 5.74) is 0.00326. The van der Waals surface area contributed by atoms with Crippen LogP contribution < -0.4 is 5.32 Å². The molecular formula is C18H15F4NO3. The zero-order valence-corrected chi connectivity index (χ0v) is 13.4. The van der Waals surface area contributed by atoms with Gasteiger partial charge in [0.15, 0.2) is 0 Å². The minimum atomic E-state index is -4.48. The third-order valence-corrected chi connectivity index (χ3v) is 3.63. The zero-order valence-electron chi connectivity index (χ0n) is 13.4. The third-order valence-electron chi connectivity index (χ3n) is 3.63. The quantitative estimate of drug-likeness (QED) is 0.769. The predicted octanol–water partition coefficient (Wildman–Crippen LogP) is 3.20. The van der Waals surface area contributed by atoms with Crippen LogP contribution >= 0.6 is 0 Å². The SMILES string of the molecule is O=C(Cc1ccc(F)cc1)N[C@H](Cc1ccc(C(F)(F)F)cc1)C(=O)O. The first-order valence-electron chi connectivity index (χ1n) is 7.58. The van der Waals surface area contributed by atoms with Crippen molar-refractivity contribution >= 4 is 11.9 Å². The van der Waals surface area contributed by atoms with E-state index in [9.17, 15) is 32.3 Å². The molecule has 0 radical (unpaired) electrons. The fraction of sp³-hybridized carbons (Fsp3) is 0.222. The number of nitrogens with one attached hydrogen (secondary N) is 1. The van der Waals surface area contributed by atoms with Crippen LogP contribution in [-0.2, 0) is 28.6 Å². The molecule has 0 heterocycles. The van der Waals surface area contributed by atoms with Crippen molar-refractivity contribution in [3.8, 4) is 0 Å². The van der Waals surface area contributed by atoms with E-state index in [-0.39, 0.29) is 12.8 Å². The third kappa shape index (κ3) is 5.58. The first-order chi connectivity index (χ1) is 12.1. The molecule has 26 heavy (non-hydrogen) atoms. The van der Waals surface area contributed by atoms with Crippen molar-refractivity contribution in [2.24, 2.45) is 0 Å². The number of carboxylic acids is 1. The summed E-state index contributed by atoms with van der Waals surface area (Å²) in [5, 5.41) is 11.5. The van der Waals surface area contributed by atoms with Crippen molar-refractivity contribution in [3.05, 3.63) is 71.0 Å². The van der Waals surface area contributed by atoms with Gasteiger partial charge in [0.25, 0.3) is 0 Å². The molecule has 0 fully saturated rings. The molecule has 0 aliphatic carbocycles. The number of hydrogen-bond acceptors (Lipinski definition) is 2. The number of rotatable bonds is 6. The molecule has 1 atom stereocenters. The minimum absolute atomic E-state index is 0.142. The second kappa shape index (κ2) is 7.99. The lowest BCUT2D eigenvalue weighted by atomic mass is 10.0. The fourth-order valence-corrected chi connectivity index (χ4v) is 2.30. The number of aliphatic carboxylic acids is 1. The summed E-state index contributed by atoms with van der Waals surface area (Å²) in [5.74, 6) is -2.35. The van der Waals surface area contributed by atoms with Crippen LogP contribution in [0.3, 0.4) is 0 Å². The molecule has 8 heteroatoms.